The van der Waals surface area contributed by atoms with Gasteiger partial charge in [-0.15, -0.1) is 0 Å². The fourth-order valence-corrected chi connectivity index (χ4v) is 2.11. The molecule has 1 heterocycles. The number of hydrogen-bond donors (Lipinski definition) is 1. The summed E-state index contributed by atoms with van der Waals surface area (Å²) in [5.41, 5.74) is -1.79. The Kier molecular flexibility index (Phi) is 5.29. The maximum absolute atomic E-state index is 12.8. The molecule has 0 bridgehead atoms. The van der Waals surface area contributed by atoms with Crippen molar-refractivity contribution in [2.24, 2.45) is 0 Å². The van der Waals surface area contributed by atoms with E-state index in [1.54, 1.807) is 43.4 Å². The fraction of sp³-hybridized carbons (Fsp3) is 0.500. The number of nitrogens with one attached hydrogen (secondary N) is 1. The van der Waals surface area contributed by atoms with Gasteiger partial charge in [0.05, 0.1) is 22.6 Å². The summed E-state index contributed by atoms with van der Waals surface area (Å²) in [6, 6.07) is 0. The molecule has 0 aliphatic heterocycles. The summed E-state index contributed by atoms with van der Waals surface area (Å²) in [5.74, 6) is -0.448. The molecule has 1 rings (SSSR count). The van der Waals surface area contributed by atoms with Crippen LogP contribution in [0.2, 0.25) is 0 Å². The van der Waals surface area contributed by atoms with E-state index in [0.717, 1.165) is 13.3 Å². The SMILES string of the molecule is COc1c(C(F)(F)F)ncc(NC(=O)OC(C)(C)C)c1I. The molecule has 0 saturated carbocycles. The molecule has 0 saturated heterocycles. The number of aromatic nitrogens is 1. The summed E-state index contributed by atoms with van der Waals surface area (Å²) < 4.78 is 48.2. The van der Waals surface area contributed by atoms with Crippen LogP contribution in [-0.2, 0) is 10.9 Å². The number of methoxy groups -OCH3 is 1. The van der Waals surface area contributed by atoms with Crippen molar-refractivity contribution in [3.8, 4) is 5.75 Å². The molecule has 0 aliphatic rings. The summed E-state index contributed by atoms with van der Waals surface area (Å²) in [5, 5.41) is 2.34. The van der Waals surface area contributed by atoms with Gasteiger partial charge < -0.3 is 9.47 Å². The molecular weight excluding hydrogens is 404 g/mol. The van der Waals surface area contributed by atoms with Crippen LogP contribution in [0.1, 0.15) is 26.5 Å². The number of halogens is 4. The van der Waals surface area contributed by atoms with Gasteiger partial charge in [0.1, 0.15) is 5.60 Å². The van der Waals surface area contributed by atoms with E-state index in [2.05, 4.69) is 10.3 Å². The minimum atomic E-state index is -4.64. The van der Waals surface area contributed by atoms with Crippen molar-refractivity contribution in [2.45, 2.75) is 32.5 Å². The summed E-state index contributed by atoms with van der Waals surface area (Å²) in [7, 11) is 1.10. The Bertz CT molecular complexity index is 542. The van der Waals surface area contributed by atoms with E-state index in [9.17, 15) is 18.0 Å². The monoisotopic (exact) mass is 418 g/mol. The van der Waals surface area contributed by atoms with E-state index in [4.69, 9.17) is 9.47 Å². The predicted molar refractivity (Wildman–Crippen MR) is 78.4 cm³/mol. The third-order valence-corrected chi connectivity index (χ3v) is 3.15. The van der Waals surface area contributed by atoms with Crippen LogP contribution in [0.15, 0.2) is 6.20 Å². The smallest absolute Gasteiger partial charge is 0.437 e. The van der Waals surface area contributed by atoms with Crippen LogP contribution < -0.4 is 10.1 Å². The van der Waals surface area contributed by atoms with E-state index in [1.165, 1.54) is 0 Å². The minimum absolute atomic E-state index is 0.0784. The van der Waals surface area contributed by atoms with Crippen molar-refractivity contribution in [3.05, 3.63) is 15.5 Å². The lowest BCUT2D eigenvalue weighted by molar-refractivity contribution is -0.142. The fourth-order valence-electron chi connectivity index (χ4n) is 1.36. The van der Waals surface area contributed by atoms with Gasteiger partial charge in [-0.05, 0) is 43.4 Å². The molecule has 0 spiro atoms. The van der Waals surface area contributed by atoms with Crippen LogP contribution in [-0.4, -0.2) is 23.8 Å². The number of amides is 1. The van der Waals surface area contributed by atoms with E-state index >= 15 is 0 Å². The maximum Gasteiger partial charge on any atom is 0.437 e. The van der Waals surface area contributed by atoms with Gasteiger partial charge in [0.25, 0.3) is 0 Å². The topological polar surface area (TPSA) is 60.5 Å². The third-order valence-electron chi connectivity index (χ3n) is 2.08. The van der Waals surface area contributed by atoms with Gasteiger partial charge in [-0.2, -0.15) is 13.2 Å². The highest BCUT2D eigenvalue weighted by molar-refractivity contribution is 14.1. The Morgan fingerprint density at radius 3 is 2.33 bits per heavy atom. The number of carbonyl (C=O) groups excluding carboxylic acids is 1. The molecule has 0 unspecified atom stereocenters. The number of ether oxygens (including phenoxy) is 2. The largest absolute Gasteiger partial charge is 0.493 e. The van der Waals surface area contributed by atoms with Crippen LogP contribution in [0.3, 0.4) is 0 Å². The van der Waals surface area contributed by atoms with Gasteiger partial charge in [0.2, 0.25) is 0 Å². The highest BCUT2D eigenvalue weighted by atomic mass is 127. The van der Waals surface area contributed by atoms with E-state index in [0.29, 0.717) is 0 Å². The highest BCUT2D eigenvalue weighted by Gasteiger charge is 2.38. The molecule has 1 N–H and O–H groups in total. The summed E-state index contributed by atoms with van der Waals surface area (Å²) in [4.78, 5) is 14.9. The van der Waals surface area contributed by atoms with Crippen LogP contribution in [0.5, 0.6) is 5.75 Å². The zero-order chi connectivity index (χ0) is 16.4. The molecule has 0 aromatic carbocycles. The van der Waals surface area contributed by atoms with E-state index in [1.807, 2.05) is 0 Å². The number of carbonyl (C=O) groups is 1. The predicted octanol–water partition coefficient (Wildman–Crippen LogP) is 4.06. The number of anilines is 1. The first-order valence-electron chi connectivity index (χ1n) is 5.75. The van der Waals surface area contributed by atoms with E-state index < -0.39 is 29.3 Å². The van der Waals surface area contributed by atoms with Gasteiger partial charge in [0, 0.05) is 0 Å². The highest BCUT2D eigenvalue weighted by Crippen LogP contribution is 2.39. The second-order valence-corrected chi connectivity index (χ2v) is 6.07. The van der Waals surface area contributed by atoms with Crippen molar-refractivity contribution in [2.75, 3.05) is 12.4 Å². The van der Waals surface area contributed by atoms with Gasteiger partial charge in [-0.3, -0.25) is 5.32 Å². The molecule has 118 valence electrons. The summed E-state index contributed by atoms with van der Waals surface area (Å²) >= 11 is 1.64. The van der Waals surface area contributed by atoms with Gasteiger partial charge in [0.15, 0.2) is 11.4 Å². The van der Waals surface area contributed by atoms with Crippen molar-refractivity contribution in [3.63, 3.8) is 0 Å². The van der Waals surface area contributed by atoms with Crippen LogP contribution in [0, 0.1) is 3.57 Å². The Labute approximate surface area is 133 Å². The lowest BCUT2D eigenvalue weighted by Gasteiger charge is -2.20. The first kappa shape index (κ1) is 17.8. The molecule has 1 aromatic heterocycles. The first-order chi connectivity index (χ1) is 9.45. The minimum Gasteiger partial charge on any atom is -0.493 e. The molecule has 0 radical (unpaired) electrons. The average Bonchev–Trinajstić information content (AvgIpc) is 2.27. The summed E-state index contributed by atoms with van der Waals surface area (Å²) in [6.45, 7) is 5.01. The number of pyridine rings is 1. The number of rotatable bonds is 2. The molecule has 1 aromatic rings. The molecule has 21 heavy (non-hydrogen) atoms. The Balaban J connectivity index is 3.09. The van der Waals surface area contributed by atoms with Crippen molar-refractivity contribution in [1.29, 1.82) is 0 Å². The number of nitrogens with zero attached hydrogens (tertiary/aromatic N) is 1. The molecule has 0 fully saturated rings. The Morgan fingerprint density at radius 1 is 1.33 bits per heavy atom. The summed E-state index contributed by atoms with van der Waals surface area (Å²) in [6.07, 6.45) is -4.52. The molecule has 5 nitrogen and oxygen atoms in total. The Morgan fingerprint density at radius 2 is 1.90 bits per heavy atom. The zero-order valence-electron chi connectivity index (χ0n) is 11.8. The zero-order valence-corrected chi connectivity index (χ0v) is 13.9. The molecule has 9 heteroatoms. The second kappa shape index (κ2) is 6.24. The number of alkyl halides is 3. The van der Waals surface area contributed by atoms with Gasteiger partial charge in [-0.1, -0.05) is 0 Å². The van der Waals surface area contributed by atoms with E-state index in [-0.39, 0.29) is 9.26 Å². The molecule has 1 amide bonds. The standard InChI is InChI=1S/C12H14F3IN2O3/c1-11(2,3)21-10(19)18-6-5-17-9(12(13,14)15)8(20-4)7(6)16/h5H,1-4H3,(H,18,19). The van der Waals surface area contributed by atoms with Gasteiger partial charge >= 0.3 is 12.3 Å². The second-order valence-electron chi connectivity index (χ2n) is 4.99. The van der Waals surface area contributed by atoms with Crippen molar-refractivity contribution >= 4 is 34.4 Å². The van der Waals surface area contributed by atoms with Crippen molar-refractivity contribution in [1.82, 2.24) is 4.98 Å². The van der Waals surface area contributed by atoms with Gasteiger partial charge in [-0.25, -0.2) is 9.78 Å². The lowest BCUT2D eigenvalue weighted by atomic mass is 10.2. The molecular formula is C12H14F3IN2O3. The van der Waals surface area contributed by atoms with Crippen LogP contribution in [0.4, 0.5) is 23.7 Å². The number of hydrogen-bond acceptors (Lipinski definition) is 4. The van der Waals surface area contributed by atoms with Crippen LogP contribution >= 0.6 is 22.6 Å². The quantitative estimate of drug-likeness (QED) is 0.737. The van der Waals surface area contributed by atoms with Crippen LogP contribution in [0.25, 0.3) is 0 Å². The molecule has 0 aliphatic carbocycles. The normalized spacial score (nSPS) is 12.0. The first-order valence-corrected chi connectivity index (χ1v) is 6.83. The third kappa shape index (κ3) is 4.90. The lowest BCUT2D eigenvalue weighted by Crippen LogP contribution is -2.27. The van der Waals surface area contributed by atoms with Crippen molar-refractivity contribution < 1.29 is 27.4 Å². The maximum atomic E-state index is 12.8. The average molecular weight is 418 g/mol. The molecule has 0 atom stereocenters. The Hall–Kier alpha value is -1.26.